The van der Waals surface area contributed by atoms with Crippen molar-refractivity contribution in [2.45, 2.75) is 51.4 Å². The SMILES string of the molecule is C1=CN(c2noc3ccc(CC4CCN(CC5CCCCC5)CC4)cc23)CN=C1. The Morgan fingerprint density at radius 1 is 1.00 bits per heavy atom. The first-order valence-electron chi connectivity index (χ1n) is 11.4. The molecule has 2 aliphatic heterocycles. The van der Waals surface area contributed by atoms with E-state index in [0.29, 0.717) is 6.67 Å². The molecule has 0 bridgehead atoms. The summed E-state index contributed by atoms with van der Waals surface area (Å²) in [6.07, 6.45) is 16.9. The second kappa shape index (κ2) is 8.70. The Kier molecular flexibility index (Phi) is 5.66. The number of hydrogen-bond donors (Lipinski definition) is 0. The molecule has 5 nitrogen and oxygen atoms in total. The number of benzene rings is 1. The standard InChI is InChI=1S/C24H32N4O/c1-2-5-20(6-3-1)17-27-13-9-19(10-14-27)15-21-7-8-23-22(16-21)24(26-29-23)28-12-4-11-25-18-28/h4,7-8,11-12,16,19-20H,1-3,5-6,9-10,13-15,17-18H2. The van der Waals surface area contributed by atoms with Gasteiger partial charge in [0.05, 0.1) is 5.39 Å². The van der Waals surface area contributed by atoms with Crippen molar-refractivity contribution in [2.24, 2.45) is 16.8 Å². The van der Waals surface area contributed by atoms with E-state index in [4.69, 9.17) is 4.52 Å². The first kappa shape index (κ1) is 18.9. The molecule has 3 heterocycles. The van der Waals surface area contributed by atoms with Crippen molar-refractivity contribution in [3.8, 4) is 0 Å². The highest BCUT2D eigenvalue weighted by Gasteiger charge is 2.23. The Hall–Kier alpha value is -2.14. The fourth-order valence-corrected chi connectivity index (χ4v) is 5.27. The third-order valence-corrected chi connectivity index (χ3v) is 6.95. The Bertz CT molecular complexity index is 872. The molecule has 0 N–H and O–H groups in total. The van der Waals surface area contributed by atoms with Crippen molar-refractivity contribution in [2.75, 3.05) is 31.2 Å². The number of hydrogen-bond acceptors (Lipinski definition) is 5. The van der Waals surface area contributed by atoms with E-state index in [1.165, 1.54) is 70.1 Å². The molecule has 3 aliphatic rings. The van der Waals surface area contributed by atoms with Gasteiger partial charge in [0.1, 0.15) is 6.67 Å². The molecule has 5 heteroatoms. The molecule has 0 amide bonds. The van der Waals surface area contributed by atoms with Gasteiger partial charge in [0.2, 0.25) is 0 Å². The van der Waals surface area contributed by atoms with Crippen LogP contribution >= 0.6 is 0 Å². The molecule has 154 valence electrons. The summed E-state index contributed by atoms with van der Waals surface area (Å²) in [5, 5.41) is 5.39. The summed E-state index contributed by atoms with van der Waals surface area (Å²) in [6, 6.07) is 6.58. The zero-order chi connectivity index (χ0) is 19.5. The monoisotopic (exact) mass is 392 g/mol. The molecule has 0 radical (unpaired) electrons. The van der Waals surface area contributed by atoms with Crippen LogP contribution in [0.3, 0.4) is 0 Å². The summed E-state index contributed by atoms with van der Waals surface area (Å²) < 4.78 is 5.55. The van der Waals surface area contributed by atoms with Gasteiger partial charge in [-0.25, -0.2) is 0 Å². The van der Waals surface area contributed by atoms with Crippen LogP contribution in [0.25, 0.3) is 11.0 Å². The molecule has 1 aromatic carbocycles. The molecule has 1 aromatic heterocycles. The summed E-state index contributed by atoms with van der Waals surface area (Å²) >= 11 is 0. The lowest BCUT2D eigenvalue weighted by Gasteiger charge is -2.35. The number of aromatic nitrogens is 1. The number of likely N-dealkylation sites (tertiary alicyclic amines) is 1. The number of anilines is 1. The van der Waals surface area contributed by atoms with Crippen molar-refractivity contribution < 1.29 is 4.52 Å². The number of rotatable bonds is 5. The summed E-state index contributed by atoms with van der Waals surface area (Å²) in [5.74, 6) is 2.62. The number of nitrogens with zero attached hydrogens (tertiary/aromatic N) is 4. The van der Waals surface area contributed by atoms with Gasteiger partial charge in [0.25, 0.3) is 0 Å². The van der Waals surface area contributed by atoms with Crippen LogP contribution in [-0.2, 0) is 6.42 Å². The zero-order valence-electron chi connectivity index (χ0n) is 17.3. The highest BCUT2D eigenvalue weighted by Crippen LogP contribution is 2.31. The molecule has 0 atom stereocenters. The molecule has 2 fully saturated rings. The molecule has 0 unspecified atom stereocenters. The van der Waals surface area contributed by atoms with E-state index in [1.54, 1.807) is 0 Å². The number of aliphatic imine (C=N–C) groups is 1. The zero-order valence-corrected chi connectivity index (χ0v) is 17.3. The van der Waals surface area contributed by atoms with Gasteiger partial charge in [-0.15, -0.1) is 0 Å². The molecule has 2 aromatic rings. The van der Waals surface area contributed by atoms with Crippen LogP contribution in [0.1, 0.15) is 50.5 Å². The predicted molar refractivity (Wildman–Crippen MR) is 118 cm³/mol. The minimum atomic E-state index is 0.599. The summed E-state index contributed by atoms with van der Waals surface area (Å²) in [6.45, 7) is 4.49. The van der Waals surface area contributed by atoms with E-state index in [-0.39, 0.29) is 0 Å². The van der Waals surface area contributed by atoms with Gasteiger partial charge in [-0.1, -0.05) is 30.5 Å². The molecule has 5 rings (SSSR count). The van der Waals surface area contributed by atoms with Gasteiger partial charge in [-0.05, 0) is 80.8 Å². The van der Waals surface area contributed by atoms with Gasteiger partial charge < -0.3 is 14.3 Å². The maximum absolute atomic E-state index is 5.55. The average molecular weight is 393 g/mol. The minimum absolute atomic E-state index is 0.599. The quantitative estimate of drug-likeness (QED) is 0.716. The van der Waals surface area contributed by atoms with E-state index in [0.717, 1.165) is 35.0 Å². The molecule has 1 saturated heterocycles. The summed E-state index contributed by atoms with van der Waals surface area (Å²) in [5.41, 5.74) is 2.26. The van der Waals surface area contributed by atoms with Crippen LogP contribution in [0.5, 0.6) is 0 Å². The minimum Gasteiger partial charge on any atom is -0.354 e. The van der Waals surface area contributed by atoms with Crippen molar-refractivity contribution in [1.82, 2.24) is 10.1 Å². The van der Waals surface area contributed by atoms with Crippen LogP contribution in [0.4, 0.5) is 5.82 Å². The molecule has 1 aliphatic carbocycles. The van der Waals surface area contributed by atoms with Gasteiger partial charge >= 0.3 is 0 Å². The topological polar surface area (TPSA) is 44.9 Å². The van der Waals surface area contributed by atoms with Crippen molar-refractivity contribution in [1.29, 1.82) is 0 Å². The second-order valence-corrected chi connectivity index (χ2v) is 9.07. The van der Waals surface area contributed by atoms with E-state index in [1.807, 2.05) is 23.4 Å². The molecule has 0 spiro atoms. The Balaban J connectivity index is 1.20. The lowest BCUT2D eigenvalue weighted by molar-refractivity contribution is 0.145. The van der Waals surface area contributed by atoms with Crippen LogP contribution in [-0.4, -0.2) is 42.6 Å². The first-order chi connectivity index (χ1) is 14.3. The lowest BCUT2D eigenvalue weighted by atomic mass is 9.86. The van der Waals surface area contributed by atoms with Crippen molar-refractivity contribution in [3.05, 3.63) is 36.0 Å². The Morgan fingerprint density at radius 2 is 1.86 bits per heavy atom. The third-order valence-electron chi connectivity index (χ3n) is 6.95. The first-order valence-corrected chi connectivity index (χ1v) is 11.4. The van der Waals surface area contributed by atoms with Crippen LogP contribution in [0.15, 0.2) is 40.0 Å². The highest BCUT2D eigenvalue weighted by atomic mass is 16.5. The van der Waals surface area contributed by atoms with E-state index < -0.39 is 0 Å². The Morgan fingerprint density at radius 3 is 2.66 bits per heavy atom. The largest absolute Gasteiger partial charge is 0.354 e. The average Bonchev–Trinajstić information content (AvgIpc) is 3.20. The van der Waals surface area contributed by atoms with Crippen LogP contribution in [0.2, 0.25) is 0 Å². The third kappa shape index (κ3) is 4.40. The number of allylic oxidation sites excluding steroid dienone is 1. The fraction of sp³-hybridized carbons (Fsp3) is 0.583. The smallest absolute Gasteiger partial charge is 0.185 e. The predicted octanol–water partition coefficient (Wildman–Crippen LogP) is 5.02. The van der Waals surface area contributed by atoms with Gasteiger partial charge in [0.15, 0.2) is 11.4 Å². The maximum atomic E-state index is 5.55. The maximum Gasteiger partial charge on any atom is 0.185 e. The number of fused-ring (bicyclic) bond motifs is 1. The molecular formula is C24H32N4O. The van der Waals surface area contributed by atoms with E-state index in [9.17, 15) is 0 Å². The van der Waals surface area contributed by atoms with Gasteiger partial charge in [0, 0.05) is 19.0 Å². The van der Waals surface area contributed by atoms with Gasteiger partial charge in [-0.2, -0.15) is 0 Å². The van der Waals surface area contributed by atoms with E-state index >= 15 is 0 Å². The molecule has 29 heavy (non-hydrogen) atoms. The van der Waals surface area contributed by atoms with Crippen molar-refractivity contribution in [3.63, 3.8) is 0 Å². The highest BCUT2D eigenvalue weighted by molar-refractivity contribution is 5.90. The summed E-state index contributed by atoms with van der Waals surface area (Å²) in [4.78, 5) is 9.09. The Labute approximate surface area is 173 Å². The van der Waals surface area contributed by atoms with Crippen molar-refractivity contribution >= 4 is 23.0 Å². The fourth-order valence-electron chi connectivity index (χ4n) is 5.27. The van der Waals surface area contributed by atoms with Crippen LogP contribution < -0.4 is 4.90 Å². The summed E-state index contributed by atoms with van der Waals surface area (Å²) in [7, 11) is 0. The second-order valence-electron chi connectivity index (χ2n) is 9.07. The number of piperidine rings is 1. The molecule has 1 saturated carbocycles. The molecular weight excluding hydrogens is 360 g/mol. The lowest BCUT2D eigenvalue weighted by Crippen LogP contribution is -2.38. The van der Waals surface area contributed by atoms with Gasteiger partial charge in [-0.3, -0.25) is 4.99 Å². The normalized spacial score (nSPS) is 22.0. The van der Waals surface area contributed by atoms with E-state index in [2.05, 4.69) is 33.2 Å². The van der Waals surface area contributed by atoms with Crippen LogP contribution in [0, 0.1) is 11.8 Å².